The minimum atomic E-state index is -0.561. The first-order chi connectivity index (χ1) is 7.91. The highest BCUT2D eigenvalue weighted by molar-refractivity contribution is 6.30. The molecule has 0 saturated carbocycles. The van der Waals surface area contributed by atoms with Crippen molar-refractivity contribution in [2.45, 2.75) is 19.9 Å². The van der Waals surface area contributed by atoms with E-state index in [0.29, 0.717) is 5.02 Å². The summed E-state index contributed by atoms with van der Waals surface area (Å²) in [5.41, 5.74) is 5.30. The lowest BCUT2D eigenvalue weighted by Crippen LogP contribution is -2.43. The van der Waals surface area contributed by atoms with Crippen LogP contribution in [0.15, 0.2) is 18.3 Å². The topological polar surface area (TPSA) is 76.3 Å². The number of carbonyl (C=O) groups excluding carboxylic acids is 2. The molecule has 0 atom stereocenters. The molecule has 0 unspecified atom stereocenters. The summed E-state index contributed by atoms with van der Waals surface area (Å²) in [4.78, 5) is 28.2. The molecule has 0 bridgehead atoms. The van der Waals surface area contributed by atoms with E-state index in [-0.39, 0.29) is 24.2 Å². The van der Waals surface area contributed by atoms with E-state index in [4.69, 9.17) is 17.3 Å². The number of primary amides is 1. The molecule has 2 N–H and O–H groups in total. The van der Waals surface area contributed by atoms with Gasteiger partial charge in [-0.25, -0.2) is 0 Å². The first kappa shape index (κ1) is 13.4. The molecule has 0 aliphatic carbocycles. The zero-order valence-corrected chi connectivity index (χ0v) is 10.4. The van der Waals surface area contributed by atoms with Gasteiger partial charge < -0.3 is 10.6 Å². The molecule has 0 saturated heterocycles. The van der Waals surface area contributed by atoms with Crippen LogP contribution < -0.4 is 5.73 Å². The average molecular weight is 256 g/mol. The van der Waals surface area contributed by atoms with Crippen LogP contribution in [-0.2, 0) is 4.79 Å². The summed E-state index contributed by atoms with van der Waals surface area (Å²) in [6, 6.07) is 2.89. The Morgan fingerprint density at radius 2 is 2.18 bits per heavy atom. The molecular formula is C11H14ClN3O2. The van der Waals surface area contributed by atoms with Crippen LogP contribution in [0.4, 0.5) is 0 Å². The predicted molar refractivity (Wildman–Crippen MR) is 64.6 cm³/mol. The van der Waals surface area contributed by atoms with Gasteiger partial charge >= 0.3 is 0 Å². The molecule has 0 aromatic carbocycles. The van der Waals surface area contributed by atoms with Crippen LogP contribution in [0.5, 0.6) is 0 Å². The number of carbonyl (C=O) groups is 2. The van der Waals surface area contributed by atoms with Crippen molar-refractivity contribution in [1.82, 2.24) is 9.88 Å². The lowest BCUT2D eigenvalue weighted by Gasteiger charge is -2.24. The second-order valence-corrected chi connectivity index (χ2v) is 4.29. The lowest BCUT2D eigenvalue weighted by molar-refractivity contribution is -0.119. The second kappa shape index (κ2) is 5.63. The monoisotopic (exact) mass is 255 g/mol. The molecule has 1 aromatic rings. The number of amides is 2. The van der Waals surface area contributed by atoms with Gasteiger partial charge in [-0.2, -0.15) is 0 Å². The Bertz CT molecular complexity index is 434. The molecular weight excluding hydrogens is 242 g/mol. The van der Waals surface area contributed by atoms with Gasteiger partial charge in [0.1, 0.15) is 5.69 Å². The third-order valence-corrected chi connectivity index (χ3v) is 2.39. The van der Waals surface area contributed by atoms with Crippen LogP contribution in [0.25, 0.3) is 0 Å². The van der Waals surface area contributed by atoms with Crippen molar-refractivity contribution in [3.63, 3.8) is 0 Å². The zero-order chi connectivity index (χ0) is 13.0. The number of aromatic nitrogens is 1. The number of rotatable bonds is 4. The second-order valence-electron chi connectivity index (χ2n) is 3.85. The van der Waals surface area contributed by atoms with E-state index < -0.39 is 5.91 Å². The van der Waals surface area contributed by atoms with Crippen molar-refractivity contribution >= 4 is 23.4 Å². The van der Waals surface area contributed by atoms with Crippen molar-refractivity contribution in [3.8, 4) is 0 Å². The molecule has 0 fully saturated rings. The Morgan fingerprint density at radius 3 is 2.65 bits per heavy atom. The minimum Gasteiger partial charge on any atom is -0.368 e. The summed E-state index contributed by atoms with van der Waals surface area (Å²) in [5.74, 6) is -0.921. The van der Waals surface area contributed by atoms with E-state index >= 15 is 0 Å². The molecule has 2 amide bonds. The van der Waals surface area contributed by atoms with Crippen molar-refractivity contribution in [1.29, 1.82) is 0 Å². The van der Waals surface area contributed by atoms with Gasteiger partial charge in [0.05, 0.1) is 6.54 Å². The van der Waals surface area contributed by atoms with Gasteiger partial charge in [-0.15, -0.1) is 0 Å². The van der Waals surface area contributed by atoms with E-state index in [1.54, 1.807) is 19.9 Å². The van der Waals surface area contributed by atoms with Crippen LogP contribution in [0.2, 0.25) is 5.02 Å². The Morgan fingerprint density at radius 1 is 1.53 bits per heavy atom. The maximum Gasteiger partial charge on any atom is 0.273 e. The number of hydrogen-bond acceptors (Lipinski definition) is 3. The Labute approximate surface area is 105 Å². The molecule has 17 heavy (non-hydrogen) atoms. The number of nitrogens with two attached hydrogens (primary N) is 1. The summed E-state index contributed by atoms with van der Waals surface area (Å²) in [7, 11) is 0. The van der Waals surface area contributed by atoms with E-state index in [1.807, 2.05) is 0 Å². The Kier molecular flexibility index (Phi) is 4.45. The number of nitrogens with zero attached hydrogens (tertiary/aromatic N) is 2. The third kappa shape index (κ3) is 3.71. The molecule has 0 radical (unpaired) electrons. The van der Waals surface area contributed by atoms with Crippen LogP contribution in [-0.4, -0.2) is 34.3 Å². The zero-order valence-electron chi connectivity index (χ0n) is 9.68. The molecule has 5 nitrogen and oxygen atoms in total. The van der Waals surface area contributed by atoms with Gasteiger partial charge in [0.15, 0.2) is 0 Å². The van der Waals surface area contributed by atoms with E-state index in [2.05, 4.69) is 4.98 Å². The third-order valence-electron chi connectivity index (χ3n) is 2.15. The fraction of sp³-hybridized carbons (Fsp3) is 0.364. The minimum absolute atomic E-state index is 0.134. The summed E-state index contributed by atoms with van der Waals surface area (Å²) in [6.45, 7) is 3.46. The summed E-state index contributed by atoms with van der Waals surface area (Å²) < 4.78 is 0. The van der Waals surface area contributed by atoms with Crippen molar-refractivity contribution in [3.05, 3.63) is 29.0 Å². The lowest BCUT2D eigenvalue weighted by atomic mass is 10.2. The predicted octanol–water partition coefficient (Wildman–Crippen LogP) is 1.07. The molecule has 0 aliphatic heterocycles. The van der Waals surface area contributed by atoms with Gasteiger partial charge in [-0.05, 0) is 26.0 Å². The number of halogens is 1. The highest BCUT2D eigenvalue weighted by atomic mass is 35.5. The van der Waals surface area contributed by atoms with Gasteiger partial charge in [0.25, 0.3) is 5.91 Å². The summed E-state index contributed by atoms with van der Waals surface area (Å²) in [5, 5.41) is 0.422. The first-order valence-corrected chi connectivity index (χ1v) is 5.50. The number of pyridine rings is 1. The summed E-state index contributed by atoms with van der Waals surface area (Å²) >= 11 is 5.78. The molecule has 1 aromatic heterocycles. The van der Waals surface area contributed by atoms with Crippen LogP contribution >= 0.6 is 11.6 Å². The number of hydrogen-bond donors (Lipinski definition) is 1. The quantitative estimate of drug-likeness (QED) is 0.874. The smallest absolute Gasteiger partial charge is 0.273 e. The fourth-order valence-corrected chi connectivity index (χ4v) is 1.49. The van der Waals surface area contributed by atoms with Gasteiger partial charge in [0.2, 0.25) is 5.91 Å². The van der Waals surface area contributed by atoms with Gasteiger partial charge in [0, 0.05) is 17.3 Å². The van der Waals surface area contributed by atoms with Crippen LogP contribution in [0.1, 0.15) is 24.3 Å². The summed E-state index contributed by atoms with van der Waals surface area (Å²) in [6.07, 6.45) is 1.44. The Balaban J connectivity index is 2.95. The normalized spacial score (nSPS) is 10.4. The first-order valence-electron chi connectivity index (χ1n) is 5.12. The standard InChI is InChI=1S/C11H14ClN3O2/c1-7(2)15(6-10(13)16)11(17)9-5-8(12)3-4-14-9/h3-5,7H,6H2,1-2H3,(H2,13,16). The van der Waals surface area contributed by atoms with Gasteiger partial charge in [-0.3, -0.25) is 14.6 Å². The van der Waals surface area contributed by atoms with Crippen molar-refractivity contribution in [2.75, 3.05) is 6.54 Å². The fourth-order valence-electron chi connectivity index (χ4n) is 1.33. The molecule has 92 valence electrons. The molecule has 0 aliphatic rings. The van der Waals surface area contributed by atoms with E-state index in [9.17, 15) is 9.59 Å². The molecule has 0 spiro atoms. The van der Waals surface area contributed by atoms with Crippen LogP contribution in [0.3, 0.4) is 0 Å². The van der Waals surface area contributed by atoms with Crippen molar-refractivity contribution < 1.29 is 9.59 Å². The van der Waals surface area contributed by atoms with Crippen LogP contribution in [0, 0.1) is 0 Å². The van der Waals surface area contributed by atoms with Gasteiger partial charge in [-0.1, -0.05) is 11.6 Å². The average Bonchev–Trinajstić information content (AvgIpc) is 2.24. The highest BCUT2D eigenvalue weighted by Gasteiger charge is 2.21. The molecule has 1 heterocycles. The van der Waals surface area contributed by atoms with E-state index in [0.717, 1.165) is 0 Å². The largest absolute Gasteiger partial charge is 0.368 e. The SMILES string of the molecule is CC(C)N(CC(N)=O)C(=O)c1cc(Cl)ccn1. The molecule has 1 rings (SSSR count). The molecule has 6 heteroatoms. The van der Waals surface area contributed by atoms with Crippen molar-refractivity contribution in [2.24, 2.45) is 5.73 Å². The maximum atomic E-state index is 12.1. The Hall–Kier alpha value is -1.62. The van der Waals surface area contributed by atoms with E-state index in [1.165, 1.54) is 17.2 Å². The maximum absolute atomic E-state index is 12.1. The highest BCUT2D eigenvalue weighted by Crippen LogP contribution is 2.11.